The number of halogens is 1. The first-order valence-electron chi connectivity index (χ1n) is 5.90. The summed E-state index contributed by atoms with van der Waals surface area (Å²) >= 11 is 7.66. The van der Waals surface area contributed by atoms with Crippen LogP contribution < -0.4 is 10.1 Å². The third kappa shape index (κ3) is 3.01. The molecule has 0 radical (unpaired) electrons. The molecule has 5 heteroatoms. The van der Waals surface area contributed by atoms with Gasteiger partial charge in [-0.3, -0.25) is 4.79 Å². The van der Waals surface area contributed by atoms with Crippen molar-refractivity contribution in [2.75, 3.05) is 7.11 Å². The Balaban J connectivity index is 2.44. The summed E-state index contributed by atoms with van der Waals surface area (Å²) in [6, 6.07) is 5.60. The minimum absolute atomic E-state index is 0.141. The number of rotatable bonds is 2. The van der Waals surface area contributed by atoms with Crippen LogP contribution in [0.3, 0.4) is 0 Å². The highest BCUT2D eigenvalue weighted by Crippen LogP contribution is 2.37. The molecule has 102 valence electrons. The van der Waals surface area contributed by atoms with Crippen LogP contribution in [0, 0.1) is 0 Å². The van der Waals surface area contributed by atoms with Crippen LogP contribution in [0.1, 0.15) is 30.4 Å². The normalized spacial score (nSPS) is 11.6. The van der Waals surface area contributed by atoms with E-state index in [2.05, 4.69) is 5.32 Å². The van der Waals surface area contributed by atoms with E-state index in [9.17, 15) is 4.79 Å². The molecule has 0 bridgehead atoms. The van der Waals surface area contributed by atoms with Crippen LogP contribution in [-0.4, -0.2) is 18.6 Å². The zero-order valence-corrected chi connectivity index (χ0v) is 12.9. The minimum Gasteiger partial charge on any atom is -0.497 e. The quantitative estimate of drug-likeness (QED) is 0.906. The average molecular weight is 298 g/mol. The Morgan fingerprint density at radius 3 is 2.63 bits per heavy atom. The number of methoxy groups -OCH3 is 1. The lowest BCUT2D eigenvalue weighted by Gasteiger charge is -2.19. The van der Waals surface area contributed by atoms with E-state index < -0.39 is 0 Å². The molecule has 1 aromatic carbocycles. The third-order valence-corrected chi connectivity index (χ3v) is 4.19. The molecule has 19 heavy (non-hydrogen) atoms. The molecule has 0 spiro atoms. The van der Waals surface area contributed by atoms with Gasteiger partial charge in [0.2, 0.25) is 0 Å². The van der Waals surface area contributed by atoms with Crippen LogP contribution in [-0.2, 0) is 0 Å². The van der Waals surface area contributed by atoms with Crippen molar-refractivity contribution in [2.45, 2.75) is 26.3 Å². The Hall–Kier alpha value is -1.26. The second-order valence-corrected chi connectivity index (χ2v) is 6.74. The van der Waals surface area contributed by atoms with Gasteiger partial charge in [0, 0.05) is 15.6 Å². The number of hydrogen-bond donors (Lipinski definition) is 1. The lowest BCUT2D eigenvalue weighted by molar-refractivity contribution is 0.0924. The Labute approximate surface area is 121 Å². The van der Waals surface area contributed by atoms with Crippen molar-refractivity contribution in [3.05, 3.63) is 28.1 Å². The Morgan fingerprint density at radius 2 is 2.05 bits per heavy atom. The number of benzene rings is 1. The summed E-state index contributed by atoms with van der Waals surface area (Å²) in [5, 5.41) is 4.31. The number of fused-ring (bicyclic) bond motifs is 1. The maximum Gasteiger partial charge on any atom is 0.263 e. The molecule has 0 aliphatic rings. The van der Waals surface area contributed by atoms with Crippen molar-refractivity contribution in [3.63, 3.8) is 0 Å². The van der Waals surface area contributed by atoms with Crippen LogP contribution in [0.4, 0.5) is 0 Å². The number of carbonyl (C=O) groups excluding carboxylic acids is 1. The molecule has 0 atom stereocenters. The monoisotopic (exact) mass is 297 g/mol. The van der Waals surface area contributed by atoms with Crippen molar-refractivity contribution < 1.29 is 9.53 Å². The molecule has 3 nitrogen and oxygen atoms in total. The molecule has 0 aliphatic carbocycles. The lowest BCUT2D eigenvalue weighted by Crippen LogP contribution is -2.40. The highest BCUT2D eigenvalue weighted by molar-refractivity contribution is 7.21. The Bertz CT molecular complexity index is 628. The molecule has 1 heterocycles. The van der Waals surface area contributed by atoms with Crippen LogP contribution in [0.5, 0.6) is 5.75 Å². The fourth-order valence-electron chi connectivity index (χ4n) is 1.72. The largest absolute Gasteiger partial charge is 0.497 e. The lowest BCUT2D eigenvalue weighted by atomic mass is 10.1. The van der Waals surface area contributed by atoms with Crippen molar-refractivity contribution in [2.24, 2.45) is 0 Å². The van der Waals surface area contributed by atoms with Gasteiger partial charge < -0.3 is 10.1 Å². The highest BCUT2D eigenvalue weighted by Gasteiger charge is 2.21. The van der Waals surface area contributed by atoms with E-state index in [1.807, 2.05) is 39.0 Å². The molecule has 0 saturated heterocycles. The van der Waals surface area contributed by atoms with E-state index in [1.54, 1.807) is 7.11 Å². The van der Waals surface area contributed by atoms with E-state index in [4.69, 9.17) is 16.3 Å². The Kier molecular flexibility index (Phi) is 3.74. The second kappa shape index (κ2) is 5.02. The second-order valence-electron chi connectivity index (χ2n) is 5.31. The summed E-state index contributed by atoms with van der Waals surface area (Å²) in [4.78, 5) is 12.7. The fourth-order valence-corrected chi connectivity index (χ4v) is 3.16. The van der Waals surface area contributed by atoms with Crippen LogP contribution in [0.2, 0.25) is 5.02 Å². The molecule has 0 aliphatic heterocycles. The summed E-state index contributed by atoms with van der Waals surface area (Å²) < 4.78 is 6.12. The van der Waals surface area contributed by atoms with Crippen molar-refractivity contribution in [3.8, 4) is 5.75 Å². The van der Waals surface area contributed by atoms with E-state index in [0.29, 0.717) is 9.90 Å². The van der Waals surface area contributed by atoms with Gasteiger partial charge in [0.05, 0.1) is 12.1 Å². The molecule has 0 unspecified atom stereocenters. The Morgan fingerprint density at radius 1 is 1.37 bits per heavy atom. The zero-order chi connectivity index (χ0) is 14.2. The smallest absolute Gasteiger partial charge is 0.263 e. The predicted molar refractivity (Wildman–Crippen MR) is 80.6 cm³/mol. The summed E-state index contributed by atoms with van der Waals surface area (Å²) in [6.07, 6.45) is 0. The van der Waals surface area contributed by atoms with Gasteiger partial charge in [0.25, 0.3) is 5.91 Å². The van der Waals surface area contributed by atoms with Gasteiger partial charge in [-0.05, 0) is 39.0 Å². The van der Waals surface area contributed by atoms with Gasteiger partial charge in [-0.2, -0.15) is 0 Å². The van der Waals surface area contributed by atoms with Crippen LogP contribution in [0.15, 0.2) is 18.2 Å². The number of hydrogen-bond acceptors (Lipinski definition) is 3. The summed E-state index contributed by atoms with van der Waals surface area (Å²) in [5.74, 6) is 0.617. The summed E-state index contributed by atoms with van der Waals surface area (Å²) in [6.45, 7) is 5.82. The topological polar surface area (TPSA) is 38.3 Å². The van der Waals surface area contributed by atoms with Gasteiger partial charge >= 0.3 is 0 Å². The number of thiophene rings is 1. The van der Waals surface area contributed by atoms with Gasteiger partial charge in [0.15, 0.2) is 0 Å². The molecule has 1 N–H and O–H groups in total. The van der Waals surface area contributed by atoms with E-state index in [0.717, 1.165) is 15.8 Å². The summed E-state index contributed by atoms with van der Waals surface area (Å²) in [7, 11) is 1.61. The standard InChI is InChI=1S/C14H16ClNO2S/c1-14(2,3)16-13(17)12-11(15)9-6-5-8(18-4)7-10(9)19-12/h5-7H,1-4H3,(H,16,17). The first kappa shape index (κ1) is 14.2. The summed E-state index contributed by atoms with van der Waals surface area (Å²) in [5.41, 5.74) is -0.283. The molecule has 0 saturated carbocycles. The fraction of sp³-hybridized carbons (Fsp3) is 0.357. The van der Waals surface area contributed by atoms with E-state index in [-0.39, 0.29) is 11.4 Å². The number of ether oxygens (including phenoxy) is 1. The minimum atomic E-state index is -0.283. The predicted octanol–water partition coefficient (Wildman–Crippen LogP) is 4.09. The molecule has 2 rings (SSSR count). The highest BCUT2D eigenvalue weighted by atomic mass is 35.5. The van der Waals surface area contributed by atoms with Crippen molar-refractivity contribution in [1.82, 2.24) is 5.32 Å². The van der Waals surface area contributed by atoms with Gasteiger partial charge in [-0.1, -0.05) is 11.6 Å². The molecule has 2 aromatic rings. The third-order valence-electron chi connectivity index (χ3n) is 2.53. The molecule has 1 amide bonds. The van der Waals surface area contributed by atoms with Crippen LogP contribution >= 0.6 is 22.9 Å². The first-order chi connectivity index (χ1) is 8.81. The molecule has 1 aromatic heterocycles. The SMILES string of the molecule is COc1ccc2c(Cl)c(C(=O)NC(C)(C)C)sc2c1. The maximum absolute atomic E-state index is 12.2. The number of amides is 1. The van der Waals surface area contributed by atoms with Crippen LogP contribution in [0.25, 0.3) is 10.1 Å². The van der Waals surface area contributed by atoms with E-state index >= 15 is 0 Å². The maximum atomic E-state index is 12.2. The van der Waals surface area contributed by atoms with E-state index in [1.165, 1.54) is 11.3 Å². The number of nitrogens with one attached hydrogen (secondary N) is 1. The molecule has 0 fully saturated rings. The van der Waals surface area contributed by atoms with Gasteiger partial charge in [0.1, 0.15) is 10.6 Å². The first-order valence-corrected chi connectivity index (χ1v) is 7.10. The van der Waals surface area contributed by atoms with Gasteiger partial charge in [-0.15, -0.1) is 11.3 Å². The molecular weight excluding hydrogens is 282 g/mol. The van der Waals surface area contributed by atoms with Crippen molar-refractivity contribution in [1.29, 1.82) is 0 Å². The molecular formula is C14H16ClNO2S. The number of carbonyl (C=O) groups is 1. The van der Waals surface area contributed by atoms with Crippen molar-refractivity contribution >= 4 is 38.9 Å². The average Bonchev–Trinajstić information content (AvgIpc) is 2.64. The van der Waals surface area contributed by atoms with Gasteiger partial charge in [-0.25, -0.2) is 0 Å². The zero-order valence-electron chi connectivity index (χ0n) is 11.3.